The maximum absolute atomic E-state index is 9.28. The van der Waals surface area contributed by atoms with Crippen molar-refractivity contribution in [1.29, 1.82) is 0 Å². The van der Waals surface area contributed by atoms with Gasteiger partial charge in [0.2, 0.25) is 0 Å². The Labute approximate surface area is 171 Å². The van der Waals surface area contributed by atoms with Crippen LogP contribution in [-0.2, 0) is 6.54 Å². The summed E-state index contributed by atoms with van der Waals surface area (Å²) in [6.07, 6.45) is 5.06. The molecule has 148 valence electrons. The third-order valence-corrected chi connectivity index (χ3v) is 6.08. The number of aliphatic hydroxyl groups excluding tert-OH is 1. The van der Waals surface area contributed by atoms with Crippen molar-refractivity contribution in [2.75, 3.05) is 11.9 Å². The summed E-state index contributed by atoms with van der Waals surface area (Å²) in [6.45, 7) is 0.929. The number of benzene rings is 2. The molecule has 2 aliphatic rings. The van der Waals surface area contributed by atoms with E-state index in [2.05, 4.69) is 22.2 Å². The molecule has 1 spiro atoms. The molecule has 1 aliphatic carbocycles. The molecule has 0 radical (unpaired) electrons. The molecule has 0 aromatic heterocycles. The quantitative estimate of drug-likeness (QED) is 0.563. The van der Waals surface area contributed by atoms with Crippen LogP contribution in [0.2, 0.25) is 5.02 Å². The van der Waals surface area contributed by atoms with Crippen LogP contribution in [0.3, 0.4) is 0 Å². The van der Waals surface area contributed by atoms with Crippen molar-refractivity contribution in [2.45, 2.75) is 44.2 Å². The topological polar surface area (TPSA) is 68.7 Å². The van der Waals surface area contributed by atoms with E-state index < -0.39 is 0 Å². The van der Waals surface area contributed by atoms with E-state index in [1.165, 1.54) is 0 Å². The van der Waals surface area contributed by atoms with Crippen LogP contribution >= 0.6 is 11.6 Å². The lowest BCUT2D eigenvalue weighted by Crippen LogP contribution is -2.58. The normalized spacial score (nSPS) is 23.6. The third kappa shape index (κ3) is 4.17. The SMILES string of the molecule is OCCC1CCC2(CC1)Nc1ccccc1N=C2NNCc1cccc(Cl)c1. The Morgan fingerprint density at radius 2 is 1.96 bits per heavy atom. The molecule has 4 N–H and O–H groups in total. The Morgan fingerprint density at radius 3 is 2.75 bits per heavy atom. The fourth-order valence-electron chi connectivity index (χ4n) is 4.25. The molecule has 0 atom stereocenters. The Kier molecular flexibility index (Phi) is 5.85. The first-order valence-corrected chi connectivity index (χ1v) is 10.4. The van der Waals surface area contributed by atoms with Gasteiger partial charge in [0.1, 0.15) is 5.84 Å². The molecule has 1 saturated carbocycles. The number of nitrogens with zero attached hydrogens (tertiary/aromatic N) is 1. The van der Waals surface area contributed by atoms with E-state index in [4.69, 9.17) is 16.6 Å². The number of aliphatic hydroxyl groups is 1. The molecule has 2 aromatic rings. The highest BCUT2D eigenvalue weighted by molar-refractivity contribution is 6.30. The van der Waals surface area contributed by atoms with Crippen LogP contribution in [0.25, 0.3) is 0 Å². The number of rotatable bonds is 5. The number of aliphatic imine (C=N–C) groups is 1. The fraction of sp³-hybridized carbons (Fsp3) is 0.409. The number of nitrogens with one attached hydrogen (secondary N) is 3. The summed E-state index contributed by atoms with van der Waals surface area (Å²) >= 11 is 6.08. The molecule has 1 heterocycles. The molecular formula is C22H27ClN4O. The van der Waals surface area contributed by atoms with Crippen molar-refractivity contribution in [2.24, 2.45) is 10.9 Å². The number of hydrogen-bond donors (Lipinski definition) is 4. The highest BCUT2D eigenvalue weighted by Crippen LogP contribution is 2.42. The summed E-state index contributed by atoms with van der Waals surface area (Å²) in [5, 5.41) is 13.8. The fourth-order valence-corrected chi connectivity index (χ4v) is 4.46. The first-order chi connectivity index (χ1) is 13.7. The molecule has 4 rings (SSSR count). The first kappa shape index (κ1) is 19.2. The molecule has 2 aromatic carbocycles. The first-order valence-electron chi connectivity index (χ1n) is 9.99. The van der Waals surface area contributed by atoms with Gasteiger partial charge < -0.3 is 15.8 Å². The summed E-state index contributed by atoms with van der Waals surface area (Å²) in [4.78, 5) is 4.95. The summed E-state index contributed by atoms with van der Waals surface area (Å²) in [5.74, 6) is 1.53. The van der Waals surface area contributed by atoms with Gasteiger partial charge in [-0.3, -0.25) is 0 Å². The average molecular weight is 399 g/mol. The predicted octanol–water partition coefficient (Wildman–Crippen LogP) is 4.40. The lowest BCUT2D eigenvalue weighted by atomic mass is 9.74. The second-order valence-electron chi connectivity index (χ2n) is 7.75. The maximum Gasteiger partial charge on any atom is 0.142 e. The van der Waals surface area contributed by atoms with Gasteiger partial charge in [-0.15, -0.1) is 0 Å². The Hall–Kier alpha value is -2.08. The van der Waals surface area contributed by atoms with Crippen molar-refractivity contribution in [3.05, 3.63) is 59.1 Å². The molecule has 6 heteroatoms. The van der Waals surface area contributed by atoms with Gasteiger partial charge in [0.05, 0.1) is 16.9 Å². The van der Waals surface area contributed by atoms with E-state index in [0.717, 1.165) is 59.9 Å². The van der Waals surface area contributed by atoms with Crippen LogP contribution < -0.4 is 16.2 Å². The minimum Gasteiger partial charge on any atom is -0.396 e. The average Bonchev–Trinajstić information content (AvgIpc) is 2.70. The zero-order chi connectivity index (χ0) is 19.4. The molecule has 5 nitrogen and oxygen atoms in total. The van der Waals surface area contributed by atoms with Crippen molar-refractivity contribution in [3.63, 3.8) is 0 Å². The van der Waals surface area contributed by atoms with Gasteiger partial charge in [-0.05, 0) is 67.9 Å². The number of halogens is 1. The van der Waals surface area contributed by atoms with Crippen molar-refractivity contribution in [3.8, 4) is 0 Å². The van der Waals surface area contributed by atoms with E-state index in [1.54, 1.807) is 0 Å². The number of amidine groups is 1. The zero-order valence-electron chi connectivity index (χ0n) is 15.9. The van der Waals surface area contributed by atoms with Crippen LogP contribution in [-0.4, -0.2) is 23.1 Å². The number of para-hydroxylation sites is 2. The van der Waals surface area contributed by atoms with Gasteiger partial charge >= 0.3 is 0 Å². The molecule has 28 heavy (non-hydrogen) atoms. The molecule has 1 fully saturated rings. The van der Waals surface area contributed by atoms with E-state index in [-0.39, 0.29) is 12.1 Å². The lowest BCUT2D eigenvalue weighted by molar-refractivity contribution is 0.215. The van der Waals surface area contributed by atoms with Crippen LogP contribution in [0.1, 0.15) is 37.7 Å². The largest absolute Gasteiger partial charge is 0.396 e. The molecule has 0 bridgehead atoms. The molecule has 0 saturated heterocycles. The predicted molar refractivity (Wildman–Crippen MR) is 115 cm³/mol. The van der Waals surface area contributed by atoms with Crippen LogP contribution in [0.15, 0.2) is 53.5 Å². The van der Waals surface area contributed by atoms with Crippen LogP contribution in [0, 0.1) is 5.92 Å². The summed E-state index contributed by atoms with van der Waals surface area (Å²) in [5.41, 5.74) is 9.67. The minimum absolute atomic E-state index is 0.193. The van der Waals surface area contributed by atoms with Gasteiger partial charge in [0.15, 0.2) is 0 Å². The Morgan fingerprint density at radius 1 is 1.14 bits per heavy atom. The van der Waals surface area contributed by atoms with E-state index in [1.807, 2.05) is 42.5 Å². The summed E-state index contributed by atoms with van der Waals surface area (Å²) in [6, 6.07) is 16.0. The van der Waals surface area contributed by atoms with Crippen molar-refractivity contribution >= 4 is 28.8 Å². The molecule has 1 aliphatic heterocycles. The highest BCUT2D eigenvalue weighted by atomic mass is 35.5. The summed E-state index contributed by atoms with van der Waals surface area (Å²) < 4.78 is 0. The van der Waals surface area contributed by atoms with E-state index in [0.29, 0.717) is 12.5 Å². The van der Waals surface area contributed by atoms with Gasteiger partial charge in [-0.2, -0.15) is 0 Å². The second kappa shape index (κ2) is 8.52. The third-order valence-electron chi connectivity index (χ3n) is 5.85. The minimum atomic E-state index is -0.193. The number of hydrazine groups is 1. The van der Waals surface area contributed by atoms with E-state index >= 15 is 0 Å². The monoisotopic (exact) mass is 398 g/mol. The second-order valence-corrected chi connectivity index (χ2v) is 8.19. The molecule has 0 unspecified atom stereocenters. The maximum atomic E-state index is 9.28. The van der Waals surface area contributed by atoms with Crippen molar-refractivity contribution in [1.82, 2.24) is 10.9 Å². The lowest BCUT2D eigenvalue weighted by Gasteiger charge is -2.44. The van der Waals surface area contributed by atoms with Gasteiger partial charge in [-0.25, -0.2) is 10.4 Å². The van der Waals surface area contributed by atoms with Crippen LogP contribution in [0.5, 0.6) is 0 Å². The Balaban J connectivity index is 1.50. The number of fused-ring (bicyclic) bond motifs is 1. The molecule has 0 amide bonds. The number of hydrogen-bond acceptors (Lipinski definition) is 5. The summed E-state index contributed by atoms with van der Waals surface area (Å²) in [7, 11) is 0. The smallest absolute Gasteiger partial charge is 0.142 e. The van der Waals surface area contributed by atoms with Gasteiger partial charge in [0.25, 0.3) is 0 Å². The van der Waals surface area contributed by atoms with Gasteiger partial charge in [-0.1, -0.05) is 35.9 Å². The highest BCUT2D eigenvalue weighted by Gasteiger charge is 2.42. The van der Waals surface area contributed by atoms with Gasteiger partial charge in [0, 0.05) is 18.2 Å². The van der Waals surface area contributed by atoms with Crippen molar-refractivity contribution < 1.29 is 5.11 Å². The van der Waals surface area contributed by atoms with Crippen LogP contribution in [0.4, 0.5) is 11.4 Å². The standard InChI is InChI=1S/C22H27ClN4O/c23-18-5-3-4-17(14-18)15-24-27-21-22(11-8-16(9-12-22)10-13-28)26-20-7-2-1-6-19(20)25-21/h1-7,14,16,24,26,28H,8-13,15H2,(H,25,27). The Bertz CT molecular complexity index is 846. The molecular weight excluding hydrogens is 372 g/mol. The number of anilines is 1. The zero-order valence-corrected chi connectivity index (χ0v) is 16.7. The van der Waals surface area contributed by atoms with E-state index in [9.17, 15) is 5.11 Å².